The van der Waals surface area contributed by atoms with Crippen molar-refractivity contribution in [3.63, 3.8) is 0 Å². The second-order valence-electron chi connectivity index (χ2n) is 5.42. The second kappa shape index (κ2) is 7.08. The lowest BCUT2D eigenvalue weighted by molar-refractivity contribution is 1.36. The van der Waals surface area contributed by atoms with Gasteiger partial charge in [0.1, 0.15) is 10.9 Å². The molecule has 0 unspecified atom stereocenters. The molecule has 1 heterocycles. The van der Waals surface area contributed by atoms with Crippen molar-refractivity contribution in [1.82, 2.24) is 0 Å². The Morgan fingerprint density at radius 3 is 1.58 bits per heavy atom. The maximum Gasteiger partial charge on any atom is 0.228 e. The molecule has 0 aliphatic heterocycles. The second-order valence-corrected chi connectivity index (χ2v) is 8.56. The minimum Gasteiger partial charge on any atom is -0.0929 e. The van der Waals surface area contributed by atoms with Crippen LogP contribution in [0.3, 0.4) is 0 Å². The van der Waals surface area contributed by atoms with Crippen LogP contribution in [0.15, 0.2) is 116 Å². The standard InChI is InChI=1S/C22H17S2/c1-4-10-18(11-5-1)21-16-17-23-22(21)24(19-12-6-2-7-13-19)20-14-8-3-9-15-20/h1-17H/q+1. The van der Waals surface area contributed by atoms with Crippen molar-refractivity contribution in [2.24, 2.45) is 0 Å². The Morgan fingerprint density at radius 1 is 0.542 bits per heavy atom. The molecule has 24 heavy (non-hydrogen) atoms. The average Bonchev–Trinajstić information content (AvgIpc) is 3.14. The summed E-state index contributed by atoms with van der Waals surface area (Å²) in [6.07, 6.45) is 0. The van der Waals surface area contributed by atoms with Crippen LogP contribution in [0.4, 0.5) is 0 Å². The van der Waals surface area contributed by atoms with Crippen molar-refractivity contribution in [3.8, 4) is 11.1 Å². The molecule has 0 saturated heterocycles. The molecule has 0 spiro atoms. The molecular formula is C22H17S2+. The number of hydrogen-bond acceptors (Lipinski definition) is 1. The summed E-state index contributed by atoms with van der Waals surface area (Å²) in [5.74, 6) is 0. The zero-order valence-electron chi connectivity index (χ0n) is 13.1. The molecule has 0 atom stereocenters. The minimum absolute atomic E-state index is 0.0770. The molecule has 0 saturated carbocycles. The lowest BCUT2D eigenvalue weighted by Crippen LogP contribution is -2.03. The fourth-order valence-corrected chi connectivity index (χ4v) is 6.48. The van der Waals surface area contributed by atoms with Gasteiger partial charge >= 0.3 is 0 Å². The first-order valence-electron chi connectivity index (χ1n) is 7.91. The van der Waals surface area contributed by atoms with Crippen molar-refractivity contribution in [2.45, 2.75) is 14.0 Å². The van der Waals surface area contributed by atoms with Crippen LogP contribution in [-0.4, -0.2) is 0 Å². The molecule has 0 aliphatic rings. The van der Waals surface area contributed by atoms with Crippen LogP contribution in [0.5, 0.6) is 0 Å². The molecule has 0 N–H and O–H groups in total. The first-order chi connectivity index (χ1) is 11.9. The fourth-order valence-electron chi connectivity index (χ4n) is 2.75. The Morgan fingerprint density at radius 2 is 1.04 bits per heavy atom. The van der Waals surface area contributed by atoms with Gasteiger partial charge in [-0.25, -0.2) is 0 Å². The summed E-state index contributed by atoms with van der Waals surface area (Å²) in [7, 11) is -0.0770. The van der Waals surface area contributed by atoms with Crippen LogP contribution in [0.25, 0.3) is 11.1 Å². The summed E-state index contributed by atoms with van der Waals surface area (Å²) in [5.41, 5.74) is 2.63. The summed E-state index contributed by atoms with van der Waals surface area (Å²) in [5, 5.41) is 2.21. The highest BCUT2D eigenvalue weighted by molar-refractivity contribution is 7.99. The van der Waals surface area contributed by atoms with Crippen LogP contribution in [0.2, 0.25) is 0 Å². The normalized spacial score (nSPS) is 10.9. The molecule has 3 aromatic carbocycles. The number of rotatable bonds is 4. The van der Waals surface area contributed by atoms with Crippen LogP contribution >= 0.6 is 11.3 Å². The third kappa shape index (κ3) is 3.03. The maximum absolute atomic E-state index is 2.25. The lowest BCUT2D eigenvalue weighted by Gasteiger charge is -2.08. The van der Waals surface area contributed by atoms with E-state index in [2.05, 4.69) is 102 Å². The van der Waals surface area contributed by atoms with E-state index in [1.54, 1.807) is 0 Å². The Kier molecular flexibility index (Phi) is 4.50. The van der Waals surface area contributed by atoms with E-state index < -0.39 is 0 Å². The highest BCUT2D eigenvalue weighted by atomic mass is 32.2. The largest absolute Gasteiger partial charge is 0.228 e. The Bertz CT molecular complexity index is 857. The van der Waals surface area contributed by atoms with Gasteiger partial charge in [0.2, 0.25) is 4.21 Å². The Balaban J connectivity index is 1.89. The Labute approximate surface area is 149 Å². The first-order valence-corrected chi connectivity index (χ1v) is 10.0. The fraction of sp³-hybridized carbons (Fsp3) is 0. The van der Waals surface area contributed by atoms with Crippen LogP contribution < -0.4 is 0 Å². The zero-order chi connectivity index (χ0) is 16.2. The van der Waals surface area contributed by atoms with Crippen LogP contribution in [0.1, 0.15) is 0 Å². The van der Waals surface area contributed by atoms with E-state index in [9.17, 15) is 0 Å². The van der Waals surface area contributed by atoms with Gasteiger partial charge < -0.3 is 0 Å². The van der Waals surface area contributed by atoms with Gasteiger partial charge in [-0.1, -0.05) is 78.1 Å². The number of thiophene rings is 1. The molecule has 0 aliphatic carbocycles. The van der Waals surface area contributed by atoms with Gasteiger partial charge in [0, 0.05) is 5.56 Å². The summed E-state index contributed by atoms with van der Waals surface area (Å²) in [4.78, 5) is 2.73. The van der Waals surface area contributed by atoms with Gasteiger partial charge in [-0.05, 0) is 41.3 Å². The third-order valence-electron chi connectivity index (χ3n) is 3.86. The quantitative estimate of drug-likeness (QED) is 0.370. The minimum atomic E-state index is -0.0770. The molecular weight excluding hydrogens is 328 g/mol. The predicted octanol–water partition coefficient (Wildman–Crippen LogP) is 6.51. The molecule has 116 valence electrons. The van der Waals surface area contributed by atoms with E-state index in [0.717, 1.165) is 0 Å². The summed E-state index contributed by atoms with van der Waals surface area (Å²) >= 11 is 1.85. The molecule has 4 rings (SSSR count). The van der Waals surface area contributed by atoms with Crippen LogP contribution in [-0.2, 0) is 10.9 Å². The number of hydrogen-bond donors (Lipinski definition) is 0. The summed E-state index contributed by atoms with van der Waals surface area (Å²) < 4.78 is 1.43. The molecule has 1 aromatic heterocycles. The van der Waals surface area contributed by atoms with Crippen LogP contribution in [0, 0.1) is 0 Å². The first kappa shape index (κ1) is 15.3. The lowest BCUT2D eigenvalue weighted by atomic mass is 10.1. The topological polar surface area (TPSA) is 0 Å². The van der Waals surface area contributed by atoms with Gasteiger partial charge in [-0.2, -0.15) is 0 Å². The van der Waals surface area contributed by atoms with Crippen molar-refractivity contribution < 1.29 is 0 Å². The highest BCUT2D eigenvalue weighted by Gasteiger charge is 2.32. The molecule has 0 radical (unpaired) electrons. The highest BCUT2D eigenvalue weighted by Crippen LogP contribution is 2.40. The molecule has 2 heteroatoms. The van der Waals surface area contributed by atoms with Crippen molar-refractivity contribution in [1.29, 1.82) is 0 Å². The maximum atomic E-state index is 2.25. The van der Waals surface area contributed by atoms with Crippen molar-refractivity contribution in [3.05, 3.63) is 102 Å². The van der Waals surface area contributed by atoms with E-state index in [0.29, 0.717) is 0 Å². The molecule has 0 amide bonds. The molecule has 0 bridgehead atoms. The van der Waals surface area contributed by atoms with E-state index in [1.807, 2.05) is 11.3 Å². The number of benzene rings is 3. The van der Waals surface area contributed by atoms with E-state index in [4.69, 9.17) is 0 Å². The van der Waals surface area contributed by atoms with Gasteiger partial charge in [0.25, 0.3) is 0 Å². The van der Waals surface area contributed by atoms with E-state index in [-0.39, 0.29) is 10.9 Å². The SMILES string of the molecule is c1ccc(-c2ccsc2[S+](c2ccccc2)c2ccccc2)cc1. The molecule has 0 nitrogen and oxygen atoms in total. The van der Waals surface area contributed by atoms with Gasteiger partial charge in [-0.3, -0.25) is 0 Å². The Hall–Kier alpha value is -2.29. The predicted molar refractivity (Wildman–Crippen MR) is 105 cm³/mol. The van der Waals surface area contributed by atoms with E-state index >= 15 is 0 Å². The van der Waals surface area contributed by atoms with Gasteiger partial charge in [0.15, 0.2) is 9.79 Å². The monoisotopic (exact) mass is 345 g/mol. The molecule has 4 aromatic rings. The van der Waals surface area contributed by atoms with Gasteiger partial charge in [-0.15, -0.1) is 0 Å². The van der Waals surface area contributed by atoms with Crippen molar-refractivity contribution in [2.75, 3.05) is 0 Å². The van der Waals surface area contributed by atoms with Gasteiger partial charge in [0.05, 0.1) is 0 Å². The third-order valence-corrected chi connectivity index (χ3v) is 7.43. The van der Waals surface area contributed by atoms with Crippen molar-refractivity contribution >= 4 is 22.2 Å². The van der Waals surface area contributed by atoms with E-state index in [1.165, 1.54) is 25.1 Å². The zero-order valence-corrected chi connectivity index (χ0v) is 14.8. The molecule has 0 fully saturated rings. The average molecular weight is 346 g/mol. The summed E-state index contributed by atoms with van der Waals surface area (Å²) in [6.45, 7) is 0. The summed E-state index contributed by atoms with van der Waals surface area (Å²) in [6, 6.07) is 34.6. The smallest absolute Gasteiger partial charge is 0.0929 e.